The minimum atomic E-state index is -0.410. The van der Waals surface area contributed by atoms with Crippen molar-refractivity contribution in [1.29, 1.82) is 0 Å². The molecule has 0 aliphatic carbocycles. The molecule has 2 aromatic rings. The van der Waals surface area contributed by atoms with E-state index >= 15 is 0 Å². The van der Waals surface area contributed by atoms with E-state index < -0.39 is 5.91 Å². The second kappa shape index (κ2) is 8.02. The topological polar surface area (TPSA) is 85.2 Å². The molecule has 134 valence electrons. The lowest BCUT2D eigenvalue weighted by molar-refractivity contribution is -0.125. The molecule has 2 amide bonds. The molecule has 2 N–H and O–H groups in total. The summed E-state index contributed by atoms with van der Waals surface area (Å²) in [6.07, 6.45) is 0. The van der Waals surface area contributed by atoms with Crippen LogP contribution in [-0.2, 0) is 16.6 Å². The second-order valence-corrected chi connectivity index (χ2v) is 6.12. The molecule has 0 saturated carbocycles. The number of hydrogen-bond donors (Lipinski definition) is 2. The molecule has 0 unspecified atom stereocenters. The van der Waals surface area contributed by atoms with Crippen LogP contribution in [0.3, 0.4) is 0 Å². The number of rotatable bonds is 6. The Bertz CT molecular complexity index is 801. The summed E-state index contributed by atoms with van der Waals surface area (Å²) < 4.78 is 7.07. The summed E-state index contributed by atoms with van der Waals surface area (Å²) in [5.74, 6) is -0.309. The Morgan fingerprint density at radius 2 is 1.96 bits per heavy atom. The van der Waals surface area contributed by atoms with Crippen molar-refractivity contribution in [3.05, 3.63) is 40.2 Å². The van der Waals surface area contributed by atoms with Crippen molar-refractivity contribution in [3.63, 3.8) is 0 Å². The predicted molar refractivity (Wildman–Crippen MR) is 96.0 cm³/mol. The van der Waals surface area contributed by atoms with Crippen molar-refractivity contribution in [2.24, 2.45) is 7.05 Å². The Morgan fingerprint density at radius 1 is 1.24 bits per heavy atom. The van der Waals surface area contributed by atoms with Crippen molar-refractivity contribution in [2.75, 3.05) is 18.5 Å². The number of carbonyl (C=O) groups is 2. The van der Waals surface area contributed by atoms with Gasteiger partial charge >= 0.3 is 0 Å². The number of nitrogens with one attached hydrogen (secondary N) is 2. The highest BCUT2D eigenvalue weighted by atomic mass is 35.5. The van der Waals surface area contributed by atoms with Crippen LogP contribution in [0.25, 0.3) is 0 Å². The van der Waals surface area contributed by atoms with Crippen molar-refractivity contribution in [2.45, 2.75) is 20.8 Å². The average molecular weight is 365 g/mol. The number of hydrogen-bond acceptors (Lipinski definition) is 4. The summed E-state index contributed by atoms with van der Waals surface area (Å²) in [5.41, 5.74) is 3.19. The number of anilines is 1. The van der Waals surface area contributed by atoms with E-state index in [2.05, 4.69) is 15.7 Å². The van der Waals surface area contributed by atoms with Crippen LogP contribution < -0.4 is 15.4 Å². The first kappa shape index (κ1) is 18.8. The first-order chi connectivity index (χ1) is 11.8. The highest BCUT2D eigenvalue weighted by Gasteiger charge is 2.13. The quantitative estimate of drug-likeness (QED) is 0.822. The number of nitrogens with zero attached hydrogens (tertiary/aromatic N) is 2. The molecular weight excluding hydrogens is 344 g/mol. The van der Waals surface area contributed by atoms with Crippen LogP contribution in [0.4, 0.5) is 5.69 Å². The molecular formula is C17H21ClN4O3. The zero-order valence-electron chi connectivity index (χ0n) is 14.6. The molecule has 0 atom stereocenters. The van der Waals surface area contributed by atoms with Gasteiger partial charge in [0.1, 0.15) is 5.75 Å². The third-order valence-electron chi connectivity index (χ3n) is 3.67. The SMILES string of the molecule is Cc1ccc(Cl)c(OCC(=O)NCC(=O)Nc2c(C)nn(C)c2C)c1. The van der Waals surface area contributed by atoms with Gasteiger partial charge in [-0.05, 0) is 38.5 Å². The van der Waals surface area contributed by atoms with Gasteiger partial charge in [0.05, 0.1) is 28.6 Å². The lowest BCUT2D eigenvalue weighted by atomic mass is 10.2. The first-order valence-electron chi connectivity index (χ1n) is 7.73. The number of aryl methyl sites for hydroxylation is 3. The molecule has 1 heterocycles. The summed E-state index contributed by atoms with van der Waals surface area (Å²) in [7, 11) is 1.80. The van der Waals surface area contributed by atoms with E-state index in [9.17, 15) is 9.59 Å². The summed E-state index contributed by atoms with van der Waals surface area (Å²) >= 11 is 6.00. The third kappa shape index (κ3) is 4.96. The molecule has 0 aliphatic rings. The fourth-order valence-corrected chi connectivity index (χ4v) is 2.40. The Kier molecular flexibility index (Phi) is 6.03. The Balaban J connectivity index is 1.81. The van der Waals surface area contributed by atoms with Gasteiger partial charge in [-0.3, -0.25) is 14.3 Å². The van der Waals surface area contributed by atoms with Gasteiger partial charge in [0.25, 0.3) is 5.91 Å². The smallest absolute Gasteiger partial charge is 0.258 e. The Morgan fingerprint density at radius 3 is 2.60 bits per heavy atom. The fourth-order valence-electron chi connectivity index (χ4n) is 2.23. The molecule has 1 aromatic heterocycles. The van der Waals surface area contributed by atoms with E-state index in [0.717, 1.165) is 17.0 Å². The van der Waals surface area contributed by atoms with E-state index in [1.54, 1.807) is 30.8 Å². The van der Waals surface area contributed by atoms with Gasteiger partial charge in [-0.15, -0.1) is 0 Å². The van der Waals surface area contributed by atoms with E-state index in [1.807, 2.05) is 19.9 Å². The molecule has 0 bridgehead atoms. The summed E-state index contributed by atoms with van der Waals surface area (Å²) in [4.78, 5) is 23.8. The van der Waals surface area contributed by atoms with Gasteiger partial charge in [0.2, 0.25) is 5.91 Å². The van der Waals surface area contributed by atoms with Gasteiger partial charge in [-0.2, -0.15) is 5.10 Å². The lowest BCUT2D eigenvalue weighted by Crippen LogP contribution is -2.36. The van der Waals surface area contributed by atoms with Gasteiger partial charge in [-0.1, -0.05) is 17.7 Å². The Labute approximate surface area is 151 Å². The number of aromatic nitrogens is 2. The fraction of sp³-hybridized carbons (Fsp3) is 0.353. The zero-order valence-corrected chi connectivity index (χ0v) is 15.4. The second-order valence-electron chi connectivity index (χ2n) is 5.72. The minimum absolute atomic E-state index is 0.155. The van der Waals surface area contributed by atoms with Gasteiger partial charge in [0.15, 0.2) is 6.61 Å². The molecule has 0 fully saturated rings. The van der Waals surface area contributed by atoms with E-state index in [-0.39, 0.29) is 19.1 Å². The van der Waals surface area contributed by atoms with Crippen molar-refractivity contribution in [3.8, 4) is 5.75 Å². The summed E-state index contributed by atoms with van der Waals surface area (Å²) in [5, 5.41) is 9.90. The molecule has 2 rings (SSSR count). The monoisotopic (exact) mass is 364 g/mol. The van der Waals surface area contributed by atoms with Crippen LogP contribution in [0.15, 0.2) is 18.2 Å². The van der Waals surface area contributed by atoms with Crippen molar-refractivity contribution >= 4 is 29.1 Å². The van der Waals surface area contributed by atoms with Crippen LogP contribution in [0.5, 0.6) is 5.75 Å². The van der Waals surface area contributed by atoms with Crippen molar-refractivity contribution in [1.82, 2.24) is 15.1 Å². The van der Waals surface area contributed by atoms with E-state index in [4.69, 9.17) is 16.3 Å². The summed E-state index contributed by atoms with van der Waals surface area (Å²) in [6.45, 7) is 5.18. The summed E-state index contributed by atoms with van der Waals surface area (Å²) in [6, 6.07) is 5.30. The maximum atomic E-state index is 12.0. The molecule has 8 heteroatoms. The molecule has 7 nitrogen and oxygen atoms in total. The maximum Gasteiger partial charge on any atom is 0.258 e. The van der Waals surface area contributed by atoms with Crippen LogP contribution in [0.2, 0.25) is 5.02 Å². The maximum absolute atomic E-state index is 12.0. The van der Waals surface area contributed by atoms with Gasteiger partial charge < -0.3 is 15.4 Å². The number of ether oxygens (including phenoxy) is 1. The number of carbonyl (C=O) groups excluding carboxylic acids is 2. The largest absolute Gasteiger partial charge is 0.482 e. The standard InChI is InChI=1S/C17H21ClN4O3/c1-10-5-6-13(18)14(7-10)25-9-16(24)19-8-15(23)20-17-11(2)21-22(4)12(17)3/h5-7H,8-9H2,1-4H3,(H,19,24)(H,20,23). The lowest BCUT2D eigenvalue weighted by Gasteiger charge is -2.10. The van der Waals surface area contributed by atoms with E-state index in [0.29, 0.717) is 16.5 Å². The average Bonchev–Trinajstić information content (AvgIpc) is 2.80. The van der Waals surface area contributed by atoms with Gasteiger partial charge in [0, 0.05) is 7.05 Å². The van der Waals surface area contributed by atoms with Crippen LogP contribution >= 0.6 is 11.6 Å². The van der Waals surface area contributed by atoms with Crippen LogP contribution in [-0.4, -0.2) is 34.7 Å². The zero-order chi connectivity index (χ0) is 18.6. The Hall–Kier alpha value is -2.54. The molecule has 1 aromatic carbocycles. The molecule has 0 aliphatic heterocycles. The highest BCUT2D eigenvalue weighted by Crippen LogP contribution is 2.25. The number of benzene rings is 1. The molecule has 0 radical (unpaired) electrons. The van der Waals surface area contributed by atoms with Crippen LogP contribution in [0, 0.1) is 20.8 Å². The third-order valence-corrected chi connectivity index (χ3v) is 3.98. The number of amides is 2. The molecule has 25 heavy (non-hydrogen) atoms. The predicted octanol–water partition coefficient (Wildman–Crippen LogP) is 2.13. The van der Waals surface area contributed by atoms with Crippen LogP contribution in [0.1, 0.15) is 17.0 Å². The highest BCUT2D eigenvalue weighted by molar-refractivity contribution is 6.32. The minimum Gasteiger partial charge on any atom is -0.482 e. The van der Waals surface area contributed by atoms with E-state index in [1.165, 1.54) is 0 Å². The molecule has 0 spiro atoms. The normalized spacial score (nSPS) is 10.4. The van der Waals surface area contributed by atoms with Crippen molar-refractivity contribution < 1.29 is 14.3 Å². The number of halogens is 1. The first-order valence-corrected chi connectivity index (χ1v) is 8.11. The van der Waals surface area contributed by atoms with Gasteiger partial charge in [-0.25, -0.2) is 0 Å². The molecule has 0 saturated heterocycles.